The minimum Gasteiger partial charge on any atom is -0.493 e. The molecule has 0 aliphatic heterocycles. The van der Waals surface area contributed by atoms with E-state index in [-0.39, 0.29) is 5.41 Å². The molecule has 1 fully saturated rings. The van der Waals surface area contributed by atoms with Gasteiger partial charge in [0, 0.05) is 5.41 Å². The normalized spacial score (nSPS) is 18.9. The predicted octanol–water partition coefficient (Wildman–Crippen LogP) is 4.95. The van der Waals surface area contributed by atoms with Crippen LogP contribution < -0.4 is 4.74 Å². The van der Waals surface area contributed by atoms with Crippen LogP contribution in [0.4, 0.5) is 0 Å². The monoisotopic (exact) mass is 278 g/mol. The Balaban J connectivity index is 2.04. The molecule has 0 spiro atoms. The first kappa shape index (κ1) is 14.8. The van der Waals surface area contributed by atoms with Crippen LogP contribution in [0.1, 0.15) is 49.7 Å². The van der Waals surface area contributed by atoms with E-state index in [0.717, 1.165) is 18.1 Å². The Morgan fingerprint density at radius 2 is 1.79 bits per heavy atom. The maximum Gasteiger partial charge on any atom is 0.122 e. The summed E-state index contributed by atoms with van der Waals surface area (Å²) >= 11 is 4.61. The molecule has 0 heterocycles. The number of ether oxygens (including phenoxy) is 1. The van der Waals surface area contributed by atoms with Gasteiger partial charge in [0.15, 0.2) is 0 Å². The molecule has 1 nitrogen and oxygen atoms in total. The highest BCUT2D eigenvalue weighted by Crippen LogP contribution is 2.37. The number of hydrogen-bond acceptors (Lipinski definition) is 2. The largest absolute Gasteiger partial charge is 0.493 e. The van der Waals surface area contributed by atoms with E-state index in [9.17, 15) is 0 Å². The van der Waals surface area contributed by atoms with Crippen molar-refractivity contribution in [1.82, 2.24) is 0 Å². The number of thiol groups is 1. The Labute approximate surface area is 123 Å². The van der Waals surface area contributed by atoms with Gasteiger partial charge < -0.3 is 4.74 Å². The average Bonchev–Trinajstić information content (AvgIpc) is 2.66. The SMILES string of the molecule is Cc1ccc(C)c(OCC2(CS)CCCCCC2)c1. The van der Waals surface area contributed by atoms with Gasteiger partial charge in [-0.1, -0.05) is 37.8 Å². The summed E-state index contributed by atoms with van der Waals surface area (Å²) in [7, 11) is 0. The van der Waals surface area contributed by atoms with Gasteiger partial charge in [-0.05, 0) is 49.6 Å². The highest BCUT2D eigenvalue weighted by Gasteiger charge is 2.30. The number of benzene rings is 1. The third kappa shape index (κ3) is 3.92. The lowest BCUT2D eigenvalue weighted by Crippen LogP contribution is -2.30. The minimum absolute atomic E-state index is 0.287. The van der Waals surface area contributed by atoms with Crippen LogP contribution in [-0.2, 0) is 0 Å². The standard InChI is InChI=1S/C17H26OS/c1-14-7-8-15(2)16(11-14)18-12-17(13-19)9-5-3-4-6-10-17/h7-8,11,19H,3-6,9-10,12-13H2,1-2H3. The molecular weight excluding hydrogens is 252 g/mol. The third-order valence-electron chi connectivity index (χ3n) is 4.38. The van der Waals surface area contributed by atoms with Gasteiger partial charge in [-0.25, -0.2) is 0 Å². The topological polar surface area (TPSA) is 9.23 Å². The van der Waals surface area contributed by atoms with Crippen molar-refractivity contribution >= 4 is 12.6 Å². The first-order chi connectivity index (χ1) is 9.15. The molecule has 1 aromatic rings. The van der Waals surface area contributed by atoms with E-state index in [1.165, 1.54) is 49.7 Å². The first-order valence-electron chi connectivity index (χ1n) is 7.46. The quantitative estimate of drug-likeness (QED) is 0.605. The van der Waals surface area contributed by atoms with Crippen molar-refractivity contribution in [3.63, 3.8) is 0 Å². The van der Waals surface area contributed by atoms with Crippen LogP contribution in [0.15, 0.2) is 18.2 Å². The van der Waals surface area contributed by atoms with Crippen molar-refractivity contribution in [1.29, 1.82) is 0 Å². The fraction of sp³-hybridized carbons (Fsp3) is 0.647. The number of rotatable bonds is 4. The maximum absolute atomic E-state index is 6.16. The van der Waals surface area contributed by atoms with Gasteiger partial charge in [-0.2, -0.15) is 12.6 Å². The molecule has 0 N–H and O–H groups in total. The van der Waals surface area contributed by atoms with Gasteiger partial charge in [0.05, 0.1) is 6.61 Å². The molecule has 1 saturated carbocycles. The van der Waals surface area contributed by atoms with Gasteiger partial charge in [-0.15, -0.1) is 0 Å². The van der Waals surface area contributed by atoms with Crippen molar-refractivity contribution in [3.05, 3.63) is 29.3 Å². The molecule has 2 rings (SSSR count). The summed E-state index contributed by atoms with van der Waals surface area (Å²) < 4.78 is 6.16. The number of aryl methyl sites for hydroxylation is 2. The van der Waals surface area contributed by atoms with Crippen LogP contribution >= 0.6 is 12.6 Å². The zero-order chi connectivity index (χ0) is 13.7. The molecule has 0 saturated heterocycles. The summed E-state index contributed by atoms with van der Waals surface area (Å²) in [4.78, 5) is 0. The van der Waals surface area contributed by atoms with Crippen LogP contribution in [0.3, 0.4) is 0 Å². The van der Waals surface area contributed by atoms with Crippen LogP contribution in [0.2, 0.25) is 0 Å². The van der Waals surface area contributed by atoms with Crippen LogP contribution in [0.5, 0.6) is 5.75 Å². The van der Waals surface area contributed by atoms with Gasteiger partial charge in [0.25, 0.3) is 0 Å². The Hall–Kier alpha value is -0.630. The van der Waals surface area contributed by atoms with Crippen LogP contribution in [0.25, 0.3) is 0 Å². The van der Waals surface area contributed by atoms with E-state index >= 15 is 0 Å². The van der Waals surface area contributed by atoms with E-state index in [4.69, 9.17) is 4.74 Å². The summed E-state index contributed by atoms with van der Waals surface area (Å²) in [6.45, 7) is 5.06. The zero-order valence-electron chi connectivity index (χ0n) is 12.2. The van der Waals surface area contributed by atoms with Gasteiger partial charge in [-0.3, -0.25) is 0 Å². The highest BCUT2D eigenvalue weighted by atomic mass is 32.1. The third-order valence-corrected chi connectivity index (χ3v) is 5.05. The lowest BCUT2D eigenvalue weighted by atomic mass is 9.83. The summed E-state index contributed by atoms with van der Waals surface area (Å²) in [5.41, 5.74) is 2.78. The van der Waals surface area contributed by atoms with E-state index in [1.54, 1.807) is 0 Å². The predicted molar refractivity (Wildman–Crippen MR) is 85.4 cm³/mol. The molecular formula is C17H26OS. The maximum atomic E-state index is 6.16. The molecule has 0 amide bonds. The second-order valence-corrected chi connectivity index (χ2v) is 6.45. The second-order valence-electron chi connectivity index (χ2n) is 6.13. The first-order valence-corrected chi connectivity index (χ1v) is 8.09. The molecule has 0 atom stereocenters. The van der Waals surface area contributed by atoms with Crippen molar-refractivity contribution in [2.45, 2.75) is 52.4 Å². The Kier molecular flexibility index (Phi) is 5.20. The Morgan fingerprint density at radius 1 is 1.11 bits per heavy atom. The molecule has 19 heavy (non-hydrogen) atoms. The molecule has 0 radical (unpaired) electrons. The van der Waals surface area contributed by atoms with Gasteiger partial charge in [0.2, 0.25) is 0 Å². The fourth-order valence-electron chi connectivity index (χ4n) is 2.92. The summed E-state index contributed by atoms with van der Waals surface area (Å²) in [5, 5.41) is 0. The zero-order valence-corrected chi connectivity index (χ0v) is 13.1. The van der Waals surface area contributed by atoms with Gasteiger partial charge in [0.1, 0.15) is 5.75 Å². The minimum atomic E-state index is 0.287. The molecule has 1 aliphatic carbocycles. The van der Waals surface area contributed by atoms with Crippen LogP contribution in [-0.4, -0.2) is 12.4 Å². The molecule has 0 unspecified atom stereocenters. The van der Waals surface area contributed by atoms with Crippen LogP contribution in [0, 0.1) is 19.3 Å². The van der Waals surface area contributed by atoms with Crippen molar-refractivity contribution in [2.75, 3.05) is 12.4 Å². The summed E-state index contributed by atoms with van der Waals surface area (Å²) in [6.07, 6.45) is 7.94. The molecule has 0 bridgehead atoms. The lowest BCUT2D eigenvalue weighted by molar-refractivity contribution is 0.147. The van der Waals surface area contributed by atoms with Crippen molar-refractivity contribution < 1.29 is 4.74 Å². The summed E-state index contributed by atoms with van der Waals surface area (Å²) in [5.74, 6) is 1.99. The van der Waals surface area contributed by atoms with E-state index in [2.05, 4.69) is 44.7 Å². The second kappa shape index (κ2) is 6.69. The Bertz CT molecular complexity index is 406. The lowest BCUT2D eigenvalue weighted by Gasteiger charge is -2.31. The summed E-state index contributed by atoms with van der Waals surface area (Å²) in [6, 6.07) is 6.44. The van der Waals surface area contributed by atoms with E-state index < -0.39 is 0 Å². The van der Waals surface area contributed by atoms with Crippen molar-refractivity contribution in [2.24, 2.45) is 5.41 Å². The highest BCUT2D eigenvalue weighted by molar-refractivity contribution is 7.80. The fourth-order valence-corrected chi connectivity index (χ4v) is 3.33. The van der Waals surface area contributed by atoms with Gasteiger partial charge >= 0.3 is 0 Å². The number of hydrogen-bond donors (Lipinski definition) is 1. The molecule has 2 heteroatoms. The average molecular weight is 278 g/mol. The smallest absolute Gasteiger partial charge is 0.122 e. The molecule has 1 aromatic carbocycles. The molecule has 106 valence electrons. The Morgan fingerprint density at radius 3 is 2.42 bits per heavy atom. The molecule has 0 aromatic heterocycles. The van der Waals surface area contributed by atoms with E-state index in [1.807, 2.05) is 0 Å². The van der Waals surface area contributed by atoms with E-state index in [0.29, 0.717) is 0 Å². The molecule has 1 aliphatic rings. The van der Waals surface area contributed by atoms with Crippen molar-refractivity contribution in [3.8, 4) is 5.75 Å².